The molecule has 1 fully saturated rings. The quantitative estimate of drug-likeness (QED) is 0.695. The summed E-state index contributed by atoms with van der Waals surface area (Å²) in [7, 11) is 1.74. The molecule has 0 aromatic rings. The molecule has 88 valence electrons. The van der Waals surface area contributed by atoms with Gasteiger partial charge in [-0.1, -0.05) is 0 Å². The molecule has 0 aromatic heterocycles. The fourth-order valence-electron chi connectivity index (χ4n) is 1.53. The molecular weight excluding hydrogens is 242 g/mol. The van der Waals surface area contributed by atoms with E-state index < -0.39 is 14.3 Å². The van der Waals surface area contributed by atoms with Crippen LogP contribution < -0.4 is 0 Å². The number of piperidine rings is 1. The normalized spacial score (nSPS) is 18.9. The number of halogens is 1. The molecule has 0 spiro atoms. The third-order valence-corrected chi connectivity index (χ3v) is 4.39. The zero-order valence-corrected chi connectivity index (χ0v) is 10.1. The van der Waals surface area contributed by atoms with E-state index in [1.54, 1.807) is 6.92 Å². The number of carbonyl (C=O) groups is 1. The van der Waals surface area contributed by atoms with E-state index >= 15 is 0 Å². The van der Waals surface area contributed by atoms with Crippen LogP contribution in [0.5, 0.6) is 0 Å². The smallest absolute Gasteiger partial charge is 0.409 e. The van der Waals surface area contributed by atoms with Crippen LogP contribution in [0.1, 0.15) is 19.8 Å². The average Bonchev–Trinajstić information content (AvgIpc) is 2.17. The lowest BCUT2D eigenvalue weighted by molar-refractivity contribution is 0.100. The molecule has 0 saturated carbocycles. The number of likely N-dealkylation sites (tertiary alicyclic amines) is 1. The molecule has 15 heavy (non-hydrogen) atoms. The first-order valence-corrected chi connectivity index (χ1v) is 7.17. The zero-order chi connectivity index (χ0) is 11.5. The second-order valence-corrected chi connectivity index (χ2v) is 6.27. The number of hydrogen-bond donors (Lipinski definition) is 0. The van der Waals surface area contributed by atoms with Gasteiger partial charge in [0.15, 0.2) is 0 Å². The number of hydrogen-bond acceptors (Lipinski definition) is 4. The molecule has 0 radical (unpaired) electrons. The summed E-state index contributed by atoms with van der Waals surface area (Å²) in [6.07, 6.45) is 0.373. The van der Waals surface area contributed by atoms with Crippen molar-refractivity contribution in [1.82, 2.24) is 4.90 Å². The number of rotatable bonds is 2. The van der Waals surface area contributed by atoms with Crippen LogP contribution in [0.4, 0.5) is 4.79 Å². The molecule has 0 aromatic carbocycles. The second kappa shape index (κ2) is 5.03. The van der Waals surface area contributed by atoms with Crippen LogP contribution in [-0.4, -0.2) is 44.4 Å². The van der Waals surface area contributed by atoms with E-state index in [2.05, 4.69) is 0 Å². The van der Waals surface area contributed by atoms with Crippen molar-refractivity contribution < 1.29 is 17.9 Å². The maximum Gasteiger partial charge on any atom is 0.409 e. The van der Waals surface area contributed by atoms with E-state index in [1.165, 1.54) is 4.90 Å². The van der Waals surface area contributed by atoms with Gasteiger partial charge in [0.05, 0.1) is 11.9 Å². The fourth-order valence-corrected chi connectivity index (χ4v) is 2.84. The largest absolute Gasteiger partial charge is 0.450 e. The predicted molar refractivity (Wildman–Crippen MR) is 56.4 cm³/mol. The van der Waals surface area contributed by atoms with E-state index in [1.807, 2.05) is 0 Å². The van der Waals surface area contributed by atoms with Crippen LogP contribution in [-0.2, 0) is 13.8 Å². The molecule has 5 nitrogen and oxygen atoms in total. The third-order valence-electron chi connectivity index (χ3n) is 2.37. The maximum atomic E-state index is 11.3. The van der Waals surface area contributed by atoms with E-state index in [4.69, 9.17) is 15.4 Å². The first-order chi connectivity index (χ1) is 6.95. The molecule has 0 bridgehead atoms. The van der Waals surface area contributed by atoms with E-state index in [-0.39, 0.29) is 6.09 Å². The minimum Gasteiger partial charge on any atom is -0.450 e. The second-order valence-electron chi connectivity index (χ2n) is 3.36. The van der Waals surface area contributed by atoms with Gasteiger partial charge in [0, 0.05) is 23.8 Å². The average molecular weight is 256 g/mol. The lowest BCUT2D eigenvalue weighted by Gasteiger charge is -2.29. The van der Waals surface area contributed by atoms with Crippen LogP contribution >= 0.6 is 10.7 Å². The summed E-state index contributed by atoms with van der Waals surface area (Å²) in [5.74, 6) is 0. The molecular formula is C8H14ClNO4S. The molecule has 1 saturated heterocycles. The summed E-state index contributed by atoms with van der Waals surface area (Å²) in [6, 6.07) is 0. The monoisotopic (exact) mass is 255 g/mol. The first-order valence-electron chi connectivity index (χ1n) is 4.80. The van der Waals surface area contributed by atoms with E-state index in [0.717, 1.165) is 0 Å². The van der Waals surface area contributed by atoms with Crippen LogP contribution in [0.3, 0.4) is 0 Å². The Morgan fingerprint density at radius 2 is 2.00 bits per heavy atom. The standard InChI is InChI=1S/C8H14ClNO4S/c1-2-14-8(11)10-5-3-7(4-6-10)15(9,12)13/h7H,2-6H2,1H3. The van der Waals surface area contributed by atoms with Crippen molar-refractivity contribution in [2.75, 3.05) is 19.7 Å². The van der Waals surface area contributed by atoms with E-state index in [9.17, 15) is 13.2 Å². The summed E-state index contributed by atoms with van der Waals surface area (Å²) in [5.41, 5.74) is 0. The Morgan fingerprint density at radius 1 is 1.47 bits per heavy atom. The number of ether oxygens (including phenoxy) is 1. The zero-order valence-electron chi connectivity index (χ0n) is 8.48. The minimum atomic E-state index is -3.49. The summed E-state index contributed by atoms with van der Waals surface area (Å²) in [5, 5.41) is -0.537. The van der Waals surface area contributed by atoms with Gasteiger partial charge in [0.25, 0.3) is 0 Å². The van der Waals surface area contributed by atoms with Crippen molar-refractivity contribution in [3.63, 3.8) is 0 Å². The fraction of sp³-hybridized carbons (Fsp3) is 0.875. The Labute approximate surface area is 93.8 Å². The highest BCUT2D eigenvalue weighted by Gasteiger charge is 2.30. The van der Waals surface area contributed by atoms with Crippen molar-refractivity contribution in [3.8, 4) is 0 Å². The Balaban J connectivity index is 2.46. The molecule has 0 atom stereocenters. The molecule has 0 aliphatic carbocycles. The van der Waals surface area contributed by atoms with Gasteiger partial charge in [-0.25, -0.2) is 13.2 Å². The van der Waals surface area contributed by atoms with Gasteiger partial charge in [-0.3, -0.25) is 0 Å². The lowest BCUT2D eigenvalue weighted by Crippen LogP contribution is -2.41. The van der Waals surface area contributed by atoms with Gasteiger partial charge in [0.1, 0.15) is 0 Å². The van der Waals surface area contributed by atoms with Gasteiger partial charge in [-0.05, 0) is 19.8 Å². The van der Waals surface area contributed by atoms with Crippen molar-refractivity contribution in [2.24, 2.45) is 0 Å². The Morgan fingerprint density at radius 3 is 2.40 bits per heavy atom. The number of amides is 1. The summed E-state index contributed by atoms with van der Waals surface area (Å²) >= 11 is 0. The molecule has 1 rings (SSSR count). The molecule has 1 aliphatic heterocycles. The van der Waals surface area contributed by atoms with Crippen LogP contribution in [0.2, 0.25) is 0 Å². The van der Waals surface area contributed by atoms with Crippen LogP contribution in [0.25, 0.3) is 0 Å². The highest BCUT2D eigenvalue weighted by Crippen LogP contribution is 2.21. The van der Waals surface area contributed by atoms with Crippen LogP contribution in [0, 0.1) is 0 Å². The molecule has 0 N–H and O–H groups in total. The minimum absolute atomic E-state index is 0.326. The van der Waals surface area contributed by atoms with Gasteiger partial charge in [-0.2, -0.15) is 0 Å². The number of nitrogens with zero attached hydrogens (tertiary/aromatic N) is 1. The molecule has 1 amide bonds. The Kier molecular flexibility index (Phi) is 4.21. The topological polar surface area (TPSA) is 63.7 Å². The highest BCUT2D eigenvalue weighted by molar-refractivity contribution is 8.14. The van der Waals surface area contributed by atoms with E-state index in [0.29, 0.717) is 32.5 Å². The molecule has 7 heteroatoms. The van der Waals surface area contributed by atoms with Crippen molar-refractivity contribution in [2.45, 2.75) is 25.0 Å². The van der Waals surface area contributed by atoms with Gasteiger partial charge in [0.2, 0.25) is 9.05 Å². The maximum absolute atomic E-state index is 11.3. The Bertz CT molecular complexity index is 322. The number of carbonyl (C=O) groups excluding carboxylic acids is 1. The SMILES string of the molecule is CCOC(=O)N1CCC(S(=O)(=O)Cl)CC1. The summed E-state index contributed by atoms with van der Waals surface area (Å²) in [6.45, 7) is 2.82. The molecule has 1 heterocycles. The van der Waals surface area contributed by atoms with Crippen LogP contribution in [0.15, 0.2) is 0 Å². The van der Waals surface area contributed by atoms with Gasteiger partial charge < -0.3 is 9.64 Å². The highest BCUT2D eigenvalue weighted by atomic mass is 35.7. The summed E-state index contributed by atoms with van der Waals surface area (Å²) < 4.78 is 26.8. The Hall–Kier alpha value is -0.490. The first kappa shape index (κ1) is 12.6. The molecule has 1 aliphatic rings. The predicted octanol–water partition coefficient (Wildman–Crippen LogP) is 1.18. The molecule has 0 unspecified atom stereocenters. The van der Waals surface area contributed by atoms with Gasteiger partial charge in [-0.15, -0.1) is 0 Å². The van der Waals surface area contributed by atoms with Crippen molar-refractivity contribution in [3.05, 3.63) is 0 Å². The van der Waals surface area contributed by atoms with Crippen molar-refractivity contribution in [1.29, 1.82) is 0 Å². The lowest BCUT2D eigenvalue weighted by atomic mass is 10.1. The third kappa shape index (κ3) is 3.53. The summed E-state index contributed by atoms with van der Waals surface area (Å²) in [4.78, 5) is 12.8. The van der Waals surface area contributed by atoms with Crippen molar-refractivity contribution >= 4 is 25.8 Å². The van der Waals surface area contributed by atoms with Gasteiger partial charge >= 0.3 is 6.09 Å².